The predicted octanol–water partition coefficient (Wildman–Crippen LogP) is 0.872. The highest BCUT2D eigenvalue weighted by Crippen LogP contribution is 2.18. The summed E-state index contributed by atoms with van der Waals surface area (Å²) in [4.78, 5) is 14.0. The summed E-state index contributed by atoms with van der Waals surface area (Å²) in [5.41, 5.74) is 0.986. The van der Waals surface area contributed by atoms with Gasteiger partial charge in [0.05, 0.1) is 18.1 Å². The van der Waals surface area contributed by atoms with Gasteiger partial charge in [-0.25, -0.2) is 8.42 Å². The van der Waals surface area contributed by atoms with Gasteiger partial charge in [-0.15, -0.1) is 0 Å². The fourth-order valence-corrected chi connectivity index (χ4v) is 4.15. The molecule has 7 heteroatoms. The molecular weight excluding hydrogens is 316 g/mol. The lowest BCUT2D eigenvalue weighted by Crippen LogP contribution is -2.42. The number of carbonyl (C=O) groups excluding carboxylic acids is 1. The Morgan fingerprint density at radius 3 is 2.26 bits per heavy atom. The van der Waals surface area contributed by atoms with Crippen LogP contribution >= 0.6 is 0 Å². The fraction of sp³-hybridized carbons (Fsp3) is 0.562. The number of hydrogen-bond acceptors (Lipinski definition) is 4. The molecule has 0 atom stereocenters. The van der Waals surface area contributed by atoms with Gasteiger partial charge in [0.1, 0.15) is 0 Å². The number of aryl methyl sites for hydroxylation is 1. The zero-order valence-electron chi connectivity index (χ0n) is 13.1. The first kappa shape index (κ1) is 16.4. The first-order chi connectivity index (χ1) is 11.1. The first-order valence-corrected chi connectivity index (χ1v) is 9.46. The molecule has 0 bridgehead atoms. The van der Waals surface area contributed by atoms with Gasteiger partial charge >= 0.3 is 0 Å². The van der Waals surface area contributed by atoms with Gasteiger partial charge in [-0.3, -0.25) is 4.79 Å². The second-order valence-electron chi connectivity index (χ2n) is 5.89. The van der Waals surface area contributed by atoms with Crippen LogP contribution in [0.5, 0.6) is 0 Å². The maximum atomic E-state index is 12.5. The van der Waals surface area contributed by atoms with Gasteiger partial charge in [0.2, 0.25) is 15.9 Å². The van der Waals surface area contributed by atoms with Crippen molar-refractivity contribution in [2.75, 3.05) is 39.4 Å². The Morgan fingerprint density at radius 1 is 1.04 bits per heavy atom. The molecule has 6 nitrogen and oxygen atoms in total. The summed E-state index contributed by atoms with van der Waals surface area (Å²) in [6, 6.07) is 6.87. The van der Waals surface area contributed by atoms with Gasteiger partial charge in [0.25, 0.3) is 0 Å². The lowest BCUT2D eigenvalue weighted by molar-refractivity contribution is -0.134. The highest BCUT2D eigenvalue weighted by Gasteiger charge is 2.26. The van der Waals surface area contributed by atoms with Gasteiger partial charge in [-0.05, 0) is 30.5 Å². The molecule has 0 aliphatic carbocycles. The summed E-state index contributed by atoms with van der Waals surface area (Å²) >= 11 is 0. The number of hydrogen-bond donors (Lipinski definition) is 0. The minimum atomic E-state index is -3.44. The molecule has 2 saturated heterocycles. The zero-order chi connectivity index (χ0) is 16.3. The Kier molecular flexibility index (Phi) is 4.99. The van der Waals surface area contributed by atoms with Crippen LogP contribution in [-0.4, -0.2) is 62.9 Å². The van der Waals surface area contributed by atoms with Gasteiger partial charge < -0.3 is 9.64 Å². The van der Waals surface area contributed by atoms with Crippen LogP contribution in [0.3, 0.4) is 0 Å². The molecule has 0 saturated carbocycles. The van der Waals surface area contributed by atoms with Crippen molar-refractivity contribution < 1.29 is 17.9 Å². The summed E-state index contributed by atoms with van der Waals surface area (Å²) in [7, 11) is -3.44. The maximum absolute atomic E-state index is 12.5. The molecule has 0 unspecified atom stereocenters. The number of morpholine rings is 1. The normalized spacial score (nSPS) is 19.4. The van der Waals surface area contributed by atoms with E-state index in [1.54, 1.807) is 24.3 Å². The number of likely N-dealkylation sites (tertiary alicyclic amines) is 1. The van der Waals surface area contributed by atoms with Gasteiger partial charge in [-0.2, -0.15) is 4.31 Å². The Labute approximate surface area is 137 Å². The summed E-state index contributed by atoms with van der Waals surface area (Å²) < 4.78 is 31.7. The zero-order valence-corrected chi connectivity index (χ0v) is 13.9. The molecule has 1 aromatic rings. The van der Waals surface area contributed by atoms with Crippen LogP contribution < -0.4 is 0 Å². The second-order valence-corrected chi connectivity index (χ2v) is 7.83. The topological polar surface area (TPSA) is 66.9 Å². The highest BCUT2D eigenvalue weighted by atomic mass is 32.2. The van der Waals surface area contributed by atoms with Crippen LogP contribution in [-0.2, 0) is 26.0 Å². The predicted molar refractivity (Wildman–Crippen MR) is 85.5 cm³/mol. The number of carbonyl (C=O) groups is 1. The third kappa shape index (κ3) is 3.73. The summed E-state index contributed by atoms with van der Waals surface area (Å²) in [6.45, 7) is 3.42. The van der Waals surface area contributed by atoms with E-state index in [0.717, 1.165) is 25.1 Å². The minimum Gasteiger partial charge on any atom is -0.379 e. The van der Waals surface area contributed by atoms with E-state index in [1.165, 1.54) is 4.31 Å². The second kappa shape index (κ2) is 6.98. The van der Waals surface area contributed by atoms with Crippen molar-refractivity contribution in [3.05, 3.63) is 29.8 Å². The average molecular weight is 338 g/mol. The number of nitrogens with zero attached hydrogens (tertiary/aromatic N) is 2. The van der Waals surface area contributed by atoms with Crippen molar-refractivity contribution in [2.45, 2.75) is 24.2 Å². The number of benzene rings is 1. The third-order valence-corrected chi connectivity index (χ3v) is 6.28. The SMILES string of the molecule is O=C(CCc1ccc(S(=O)(=O)N2CCOCC2)cc1)N1CCC1. The van der Waals surface area contributed by atoms with E-state index in [0.29, 0.717) is 44.0 Å². The maximum Gasteiger partial charge on any atom is 0.243 e. The Bertz CT molecular complexity index is 647. The fourth-order valence-electron chi connectivity index (χ4n) is 2.74. The van der Waals surface area contributed by atoms with E-state index in [9.17, 15) is 13.2 Å². The largest absolute Gasteiger partial charge is 0.379 e. The van der Waals surface area contributed by atoms with Crippen LogP contribution in [0.2, 0.25) is 0 Å². The summed E-state index contributed by atoms with van der Waals surface area (Å²) in [5.74, 6) is 0.182. The molecule has 23 heavy (non-hydrogen) atoms. The smallest absolute Gasteiger partial charge is 0.243 e. The molecule has 126 valence electrons. The molecule has 1 aromatic carbocycles. The minimum absolute atomic E-state index is 0.182. The number of ether oxygens (including phenoxy) is 1. The molecule has 1 amide bonds. The Balaban J connectivity index is 1.60. The van der Waals surface area contributed by atoms with Crippen molar-refractivity contribution in [3.8, 4) is 0 Å². The third-order valence-electron chi connectivity index (χ3n) is 4.37. The van der Waals surface area contributed by atoms with Crippen LogP contribution in [0.4, 0.5) is 0 Å². The highest BCUT2D eigenvalue weighted by molar-refractivity contribution is 7.89. The van der Waals surface area contributed by atoms with Gasteiger partial charge in [0.15, 0.2) is 0 Å². The van der Waals surface area contributed by atoms with E-state index < -0.39 is 10.0 Å². The van der Waals surface area contributed by atoms with Crippen molar-refractivity contribution in [1.82, 2.24) is 9.21 Å². The van der Waals surface area contributed by atoms with Crippen LogP contribution in [0.25, 0.3) is 0 Å². The van der Waals surface area contributed by atoms with Gasteiger partial charge in [0, 0.05) is 32.6 Å². The number of rotatable bonds is 5. The molecule has 0 radical (unpaired) electrons. The molecule has 0 N–H and O–H groups in total. The monoisotopic (exact) mass is 338 g/mol. The van der Waals surface area contributed by atoms with Crippen LogP contribution in [0, 0.1) is 0 Å². The van der Waals surface area contributed by atoms with E-state index in [4.69, 9.17) is 4.74 Å². The molecule has 2 heterocycles. The Morgan fingerprint density at radius 2 is 1.70 bits per heavy atom. The molecule has 0 spiro atoms. The molecule has 2 aliphatic heterocycles. The quantitative estimate of drug-likeness (QED) is 0.799. The summed E-state index contributed by atoms with van der Waals surface area (Å²) in [6.07, 6.45) is 2.22. The van der Waals surface area contributed by atoms with Crippen LogP contribution in [0.15, 0.2) is 29.2 Å². The van der Waals surface area contributed by atoms with Crippen molar-refractivity contribution in [3.63, 3.8) is 0 Å². The number of sulfonamides is 1. The van der Waals surface area contributed by atoms with Crippen LogP contribution in [0.1, 0.15) is 18.4 Å². The standard InChI is InChI=1S/C16H22N2O4S/c19-16(17-8-1-9-17)7-4-14-2-5-15(6-3-14)23(20,21)18-10-12-22-13-11-18/h2-3,5-6H,1,4,7-13H2. The van der Waals surface area contributed by atoms with Crippen molar-refractivity contribution >= 4 is 15.9 Å². The molecule has 2 fully saturated rings. The lowest BCUT2D eigenvalue weighted by Gasteiger charge is -2.30. The van der Waals surface area contributed by atoms with E-state index >= 15 is 0 Å². The summed E-state index contributed by atoms with van der Waals surface area (Å²) in [5, 5.41) is 0. The van der Waals surface area contributed by atoms with Gasteiger partial charge in [-0.1, -0.05) is 12.1 Å². The lowest BCUT2D eigenvalue weighted by atomic mass is 10.1. The Hall–Kier alpha value is -1.44. The van der Waals surface area contributed by atoms with Crippen molar-refractivity contribution in [2.24, 2.45) is 0 Å². The van der Waals surface area contributed by atoms with E-state index in [2.05, 4.69) is 0 Å². The van der Waals surface area contributed by atoms with E-state index in [-0.39, 0.29) is 5.91 Å². The molecule has 2 aliphatic rings. The molecule has 3 rings (SSSR count). The molecule has 0 aromatic heterocycles. The number of amides is 1. The van der Waals surface area contributed by atoms with Crippen molar-refractivity contribution in [1.29, 1.82) is 0 Å². The van der Waals surface area contributed by atoms with E-state index in [1.807, 2.05) is 4.90 Å². The average Bonchev–Trinajstić information content (AvgIpc) is 2.52. The first-order valence-electron chi connectivity index (χ1n) is 8.02. The molecular formula is C16H22N2O4S.